The molecule has 1 aromatic carbocycles. The van der Waals surface area contributed by atoms with E-state index < -0.39 is 0 Å². The van der Waals surface area contributed by atoms with Crippen LogP contribution in [-0.2, 0) is 5.41 Å². The van der Waals surface area contributed by atoms with E-state index in [1.165, 1.54) is 37.7 Å². The van der Waals surface area contributed by atoms with Gasteiger partial charge in [0.25, 0.3) is 0 Å². The second kappa shape index (κ2) is 8.54. The van der Waals surface area contributed by atoms with E-state index in [1.54, 1.807) is 0 Å². The van der Waals surface area contributed by atoms with Crippen molar-refractivity contribution >= 4 is 0 Å². The summed E-state index contributed by atoms with van der Waals surface area (Å²) >= 11 is 0. The van der Waals surface area contributed by atoms with E-state index in [1.807, 2.05) is 6.08 Å². The Balaban J connectivity index is 1.83. The molecule has 1 aliphatic carbocycles. The van der Waals surface area contributed by atoms with Crippen molar-refractivity contribution in [2.75, 3.05) is 19.7 Å². The average molecular weight is 316 g/mol. The normalized spacial score (nSPS) is 16.5. The highest BCUT2D eigenvalue weighted by atomic mass is 16.5. The van der Waals surface area contributed by atoms with E-state index in [9.17, 15) is 0 Å². The van der Waals surface area contributed by atoms with Crippen LogP contribution in [0.2, 0.25) is 0 Å². The van der Waals surface area contributed by atoms with Crippen molar-refractivity contribution in [2.24, 2.45) is 0 Å². The summed E-state index contributed by atoms with van der Waals surface area (Å²) in [6.07, 6.45) is 8.81. The van der Waals surface area contributed by atoms with Crippen LogP contribution in [0.25, 0.3) is 0 Å². The molecule has 1 aliphatic rings. The quantitative estimate of drug-likeness (QED) is 0.643. The van der Waals surface area contributed by atoms with Crippen LogP contribution in [-0.4, -0.2) is 30.6 Å². The third-order valence-corrected chi connectivity index (χ3v) is 4.82. The first kappa shape index (κ1) is 18.1. The van der Waals surface area contributed by atoms with Crippen LogP contribution in [0.15, 0.2) is 36.9 Å². The Morgan fingerprint density at radius 1 is 1.13 bits per heavy atom. The molecular formula is C21H33NO. The minimum absolute atomic E-state index is 0.195. The van der Waals surface area contributed by atoms with Crippen LogP contribution in [0.4, 0.5) is 0 Å². The van der Waals surface area contributed by atoms with Gasteiger partial charge in [0.2, 0.25) is 0 Å². The molecule has 2 heteroatoms. The van der Waals surface area contributed by atoms with Crippen LogP contribution in [0.5, 0.6) is 5.75 Å². The van der Waals surface area contributed by atoms with E-state index >= 15 is 0 Å². The number of rotatable bonds is 7. The largest absolute Gasteiger partial charge is 0.492 e. The Labute approximate surface area is 142 Å². The monoisotopic (exact) mass is 315 g/mol. The third-order valence-electron chi connectivity index (χ3n) is 4.82. The van der Waals surface area contributed by atoms with Gasteiger partial charge in [0.05, 0.1) is 0 Å². The Bertz CT molecular complexity index is 466. The van der Waals surface area contributed by atoms with Crippen LogP contribution in [0.3, 0.4) is 0 Å². The molecule has 1 fully saturated rings. The van der Waals surface area contributed by atoms with Gasteiger partial charge in [-0.3, -0.25) is 4.90 Å². The molecule has 1 saturated carbocycles. The van der Waals surface area contributed by atoms with Crippen LogP contribution in [0, 0.1) is 0 Å². The summed E-state index contributed by atoms with van der Waals surface area (Å²) in [4.78, 5) is 2.54. The van der Waals surface area contributed by atoms with Gasteiger partial charge >= 0.3 is 0 Å². The van der Waals surface area contributed by atoms with Gasteiger partial charge in [0, 0.05) is 19.1 Å². The van der Waals surface area contributed by atoms with Gasteiger partial charge in [-0.05, 0) is 36.0 Å². The number of hydrogen-bond acceptors (Lipinski definition) is 2. The van der Waals surface area contributed by atoms with E-state index in [-0.39, 0.29) is 5.41 Å². The van der Waals surface area contributed by atoms with E-state index in [4.69, 9.17) is 4.74 Å². The molecule has 0 saturated heterocycles. The maximum Gasteiger partial charge on any atom is 0.119 e. The topological polar surface area (TPSA) is 12.5 Å². The maximum absolute atomic E-state index is 5.97. The summed E-state index contributed by atoms with van der Waals surface area (Å²) in [6, 6.07) is 9.27. The zero-order chi connectivity index (χ0) is 16.7. The fourth-order valence-corrected chi connectivity index (χ4v) is 3.37. The molecule has 0 bridgehead atoms. The molecule has 0 N–H and O–H groups in total. The highest BCUT2D eigenvalue weighted by molar-refractivity contribution is 5.31. The first-order valence-electron chi connectivity index (χ1n) is 9.09. The summed E-state index contributed by atoms with van der Waals surface area (Å²) in [6.45, 7) is 13.3. The summed E-state index contributed by atoms with van der Waals surface area (Å²) < 4.78 is 5.97. The van der Waals surface area contributed by atoms with Gasteiger partial charge in [0.1, 0.15) is 12.4 Å². The molecule has 0 radical (unpaired) electrons. The molecule has 2 nitrogen and oxygen atoms in total. The van der Waals surface area contributed by atoms with Crippen molar-refractivity contribution in [1.82, 2.24) is 4.90 Å². The van der Waals surface area contributed by atoms with Crippen molar-refractivity contribution in [3.8, 4) is 5.75 Å². The lowest BCUT2D eigenvalue weighted by Gasteiger charge is -2.33. The highest BCUT2D eigenvalue weighted by Gasteiger charge is 2.20. The lowest BCUT2D eigenvalue weighted by Crippen LogP contribution is -2.39. The lowest BCUT2D eigenvalue weighted by atomic mass is 9.87. The number of ether oxygens (including phenoxy) is 1. The molecule has 2 rings (SSSR count). The fraction of sp³-hybridized carbons (Fsp3) is 0.619. The molecule has 0 aliphatic heterocycles. The molecular weight excluding hydrogens is 282 g/mol. The predicted molar refractivity (Wildman–Crippen MR) is 99.3 cm³/mol. The van der Waals surface area contributed by atoms with Gasteiger partial charge in [-0.15, -0.1) is 6.58 Å². The molecule has 0 unspecified atom stereocenters. The van der Waals surface area contributed by atoms with Gasteiger partial charge in [-0.2, -0.15) is 0 Å². The van der Waals surface area contributed by atoms with Crippen LogP contribution in [0.1, 0.15) is 58.4 Å². The van der Waals surface area contributed by atoms with E-state index in [0.29, 0.717) is 6.04 Å². The van der Waals surface area contributed by atoms with Crippen molar-refractivity contribution in [3.63, 3.8) is 0 Å². The average Bonchev–Trinajstić information content (AvgIpc) is 2.54. The summed E-state index contributed by atoms with van der Waals surface area (Å²) in [7, 11) is 0. The minimum Gasteiger partial charge on any atom is -0.492 e. The van der Waals surface area contributed by atoms with Crippen molar-refractivity contribution in [2.45, 2.75) is 64.3 Å². The van der Waals surface area contributed by atoms with Crippen molar-refractivity contribution < 1.29 is 4.74 Å². The van der Waals surface area contributed by atoms with Crippen molar-refractivity contribution in [3.05, 3.63) is 42.5 Å². The highest BCUT2D eigenvalue weighted by Crippen LogP contribution is 2.25. The standard InChI is InChI=1S/C21H33NO/c1-5-15-22(19-9-7-6-8-10-19)16-17-23-20-13-11-18(12-14-20)21(2,3)4/h5,11-14,19H,1,6-10,15-17H2,2-4H3. The Hall–Kier alpha value is -1.28. The molecule has 0 aromatic heterocycles. The van der Waals surface area contributed by atoms with Gasteiger partial charge in [0.15, 0.2) is 0 Å². The van der Waals surface area contributed by atoms with Crippen LogP contribution < -0.4 is 4.74 Å². The molecule has 1 aromatic rings. The molecule has 0 spiro atoms. The van der Waals surface area contributed by atoms with Gasteiger partial charge < -0.3 is 4.74 Å². The smallest absolute Gasteiger partial charge is 0.119 e. The number of nitrogens with zero attached hydrogens (tertiary/aromatic N) is 1. The first-order valence-corrected chi connectivity index (χ1v) is 9.09. The van der Waals surface area contributed by atoms with Crippen molar-refractivity contribution in [1.29, 1.82) is 0 Å². The first-order chi connectivity index (χ1) is 11.0. The van der Waals surface area contributed by atoms with Gasteiger partial charge in [-0.1, -0.05) is 58.2 Å². The fourth-order valence-electron chi connectivity index (χ4n) is 3.37. The third kappa shape index (κ3) is 5.69. The number of benzene rings is 1. The lowest BCUT2D eigenvalue weighted by molar-refractivity contribution is 0.144. The summed E-state index contributed by atoms with van der Waals surface area (Å²) in [5.41, 5.74) is 1.54. The number of hydrogen-bond donors (Lipinski definition) is 0. The Morgan fingerprint density at radius 2 is 1.78 bits per heavy atom. The molecule has 0 atom stereocenters. The predicted octanol–water partition coefficient (Wildman–Crippen LogP) is 5.18. The molecule has 0 heterocycles. The Kier molecular flexibility index (Phi) is 6.71. The zero-order valence-electron chi connectivity index (χ0n) is 15.2. The van der Waals surface area contributed by atoms with Crippen LogP contribution >= 0.6 is 0 Å². The Morgan fingerprint density at radius 3 is 2.35 bits per heavy atom. The summed E-state index contributed by atoms with van der Waals surface area (Å²) in [5.74, 6) is 0.972. The zero-order valence-corrected chi connectivity index (χ0v) is 15.2. The maximum atomic E-state index is 5.97. The minimum atomic E-state index is 0.195. The summed E-state index contributed by atoms with van der Waals surface area (Å²) in [5, 5.41) is 0. The van der Waals surface area contributed by atoms with E-state index in [2.05, 4.69) is 56.5 Å². The molecule has 23 heavy (non-hydrogen) atoms. The SMILES string of the molecule is C=CCN(CCOc1ccc(C(C)(C)C)cc1)C1CCCCC1. The molecule has 0 amide bonds. The second-order valence-electron chi connectivity index (χ2n) is 7.70. The van der Waals surface area contributed by atoms with E-state index in [0.717, 1.165) is 25.4 Å². The second-order valence-corrected chi connectivity index (χ2v) is 7.70. The van der Waals surface area contributed by atoms with Gasteiger partial charge in [-0.25, -0.2) is 0 Å². The molecule has 128 valence electrons.